The van der Waals surface area contributed by atoms with E-state index in [4.69, 9.17) is 15.5 Å². The first kappa shape index (κ1) is 15.8. The fourth-order valence-corrected chi connectivity index (χ4v) is 4.52. The number of thiazole rings is 1. The maximum Gasteiger partial charge on any atom is 0.221 e. The Morgan fingerprint density at radius 1 is 1.42 bits per heavy atom. The number of aromatic nitrogens is 3. The van der Waals surface area contributed by atoms with Crippen LogP contribution in [0.4, 0.5) is 0 Å². The summed E-state index contributed by atoms with van der Waals surface area (Å²) in [4.78, 5) is 22.0. The molecule has 0 saturated heterocycles. The smallest absolute Gasteiger partial charge is 0.221 e. The van der Waals surface area contributed by atoms with Gasteiger partial charge in [-0.15, -0.1) is 11.3 Å². The number of hydrogen-bond acceptors (Lipinski definition) is 5. The van der Waals surface area contributed by atoms with Crippen molar-refractivity contribution in [1.29, 1.82) is 0 Å². The van der Waals surface area contributed by atoms with Gasteiger partial charge in [-0.3, -0.25) is 9.78 Å². The van der Waals surface area contributed by atoms with E-state index in [-0.39, 0.29) is 11.8 Å². The van der Waals surface area contributed by atoms with Gasteiger partial charge in [-0.1, -0.05) is 0 Å². The number of benzene rings is 1. The summed E-state index contributed by atoms with van der Waals surface area (Å²) in [6, 6.07) is 4.16. The molecule has 134 valence electrons. The predicted octanol–water partition coefficient (Wildman–Crippen LogP) is 3.00. The summed E-state index contributed by atoms with van der Waals surface area (Å²) < 4.78 is 8.26. The molecule has 2 N–H and O–H groups in total. The lowest BCUT2D eigenvalue weighted by Gasteiger charge is -2.13. The van der Waals surface area contributed by atoms with Gasteiger partial charge in [0.2, 0.25) is 5.91 Å². The van der Waals surface area contributed by atoms with Crippen molar-refractivity contribution in [2.24, 2.45) is 17.6 Å². The second-order valence-corrected chi connectivity index (χ2v) is 8.05. The first-order chi connectivity index (χ1) is 12.7. The number of ether oxygens (including phenoxy) is 1. The summed E-state index contributed by atoms with van der Waals surface area (Å²) in [7, 11) is 0. The highest BCUT2D eigenvalue weighted by molar-refractivity contribution is 7.13. The van der Waals surface area contributed by atoms with Crippen LogP contribution >= 0.6 is 11.3 Å². The minimum absolute atomic E-state index is 0.0894. The van der Waals surface area contributed by atoms with Crippen LogP contribution in [-0.4, -0.2) is 27.0 Å². The summed E-state index contributed by atoms with van der Waals surface area (Å²) in [6.45, 7) is 1.56. The maximum atomic E-state index is 11.8. The van der Waals surface area contributed by atoms with E-state index in [0.717, 1.165) is 58.9 Å². The van der Waals surface area contributed by atoms with Crippen LogP contribution in [0, 0.1) is 11.8 Å². The van der Waals surface area contributed by atoms with Crippen LogP contribution in [-0.2, 0) is 17.8 Å². The van der Waals surface area contributed by atoms with E-state index in [9.17, 15) is 4.79 Å². The van der Waals surface area contributed by atoms with Gasteiger partial charge in [0.25, 0.3) is 0 Å². The van der Waals surface area contributed by atoms with Crippen molar-refractivity contribution in [3.8, 4) is 16.5 Å². The van der Waals surface area contributed by atoms with Crippen LogP contribution < -0.4 is 10.5 Å². The Hall–Kier alpha value is -2.41. The van der Waals surface area contributed by atoms with Crippen molar-refractivity contribution in [3.05, 3.63) is 29.4 Å². The van der Waals surface area contributed by atoms with Crippen LogP contribution in [0.5, 0.6) is 5.75 Å². The molecule has 3 aromatic rings. The van der Waals surface area contributed by atoms with Gasteiger partial charge in [0.05, 0.1) is 22.5 Å². The molecule has 0 spiro atoms. The standard InChI is InChI=1S/C19H20N4O2S/c20-18(24)13(12-2-3-12)6-11-7-14-17-15(8-11)25-5-1-4-23(17)19(22-14)16-9-21-10-26-16/h7-10,12-13H,1-6H2,(H2,20,24)/t13-/m0/s1. The average Bonchev–Trinajstić information content (AvgIpc) is 3.24. The number of hydrogen-bond donors (Lipinski definition) is 1. The third-order valence-corrected chi connectivity index (χ3v) is 6.08. The van der Waals surface area contributed by atoms with E-state index in [0.29, 0.717) is 18.9 Å². The molecule has 7 heteroatoms. The van der Waals surface area contributed by atoms with Crippen LogP contribution in [0.2, 0.25) is 0 Å². The molecule has 5 rings (SSSR count). The molecule has 1 aliphatic heterocycles. The summed E-state index contributed by atoms with van der Waals surface area (Å²) in [5.74, 6) is 1.95. The van der Waals surface area contributed by atoms with Crippen molar-refractivity contribution >= 4 is 28.3 Å². The van der Waals surface area contributed by atoms with E-state index in [1.807, 2.05) is 11.7 Å². The fourth-order valence-electron chi connectivity index (χ4n) is 3.90. The molecule has 6 nitrogen and oxygen atoms in total. The summed E-state index contributed by atoms with van der Waals surface area (Å²) in [6.07, 6.45) is 5.66. The number of amides is 1. The molecule has 0 radical (unpaired) electrons. The molecule has 1 aliphatic carbocycles. The zero-order valence-corrected chi connectivity index (χ0v) is 15.2. The highest BCUT2D eigenvalue weighted by atomic mass is 32.1. The third kappa shape index (κ3) is 2.67. The van der Waals surface area contributed by atoms with E-state index in [2.05, 4.69) is 21.7 Å². The molecule has 0 bridgehead atoms. The molecule has 3 heterocycles. The Balaban J connectivity index is 1.62. The molecular formula is C19H20N4O2S. The Morgan fingerprint density at radius 3 is 3.04 bits per heavy atom. The van der Waals surface area contributed by atoms with Crippen LogP contribution in [0.3, 0.4) is 0 Å². The molecule has 2 aliphatic rings. The number of imidazole rings is 1. The highest BCUT2D eigenvalue weighted by Crippen LogP contribution is 2.40. The number of aryl methyl sites for hydroxylation is 1. The quantitative estimate of drug-likeness (QED) is 0.750. The number of nitrogens with zero attached hydrogens (tertiary/aromatic N) is 3. The number of carbonyl (C=O) groups is 1. The summed E-state index contributed by atoms with van der Waals surface area (Å²) in [5, 5.41) is 0. The van der Waals surface area contributed by atoms with E-state index >= 15 is 0 Å². The maximum absolute atomic E-state index is 11.8. The second-order valence-electron chi connectivity index (χ2n) is 7.17. The molecule has 1 aromatic carbocycles. The van der Waals surface area contributed by atoms with Crippen LogP contribution in [0.1, 0.15) is 24.8 Å². The highest BCUT2D eigenvalue weighted by Gasteiger charge is 2.35. The van der Waals surface area contributed by atoms with Gasteiger partial charge in [-0.05, 0) is 49.3 Å². The van der Waals surface area contributed by atoms with Gasteiger partial charge < -0.3 is 15.0 Å². The SMILES string of the molecule is NC(=O)[C@@H](Cc1cc2c3c(c1)nc(-c1cncs1)n3CCCO2)C1CC1. The zero-order valence-electron chi connectivity index (χ0n) is 14.4. The van der Waals surface area contributed by atoms with E-state index in [1.54, 1.807) is 11.3 Å². The molecular weight excluding hydrogens is 348 g/mol. The second kappa shape index (κ2) is 6.09. The van der Waals surface area contributed by atoms with Crippen LogP contribution in [0.15, 0.2) is 23.8 Å². The minimum Gasteiger partial charge on any atom is -0.491 e. The van der Waals surface area contributed by atoms with Gasteiger partial charge in [0.15, 0.2) is 5.82 Å². The molecule has 2 aromatic heterocycles. The number of primary amides is 1. The normalized spacial score (nSPS) is 17.7. The van der Waals surface area contributed by atoms with Crippen molar-refractivity contribution in [2.75, 3.05) is 6.61 Å². The monoisotopic (exact) mass is 368 g/mol. The molecule has 1 fully saturated rings. The summed E-state index contributed by atoms with van der Waals surface area (Å²) >= 11 is 1.59. The number of rotatable bonds is 5. The fraction of sp³-hybridized carbons (Fsp3) is 0.421. The van der Waals surface area contributed by atoms with Crippen molar-refractivity contribution in [1.82, 2.24) is 14.5 Å². The Kier molecular flexibility index (Phi) is 3.70. The topological polar surface area (TPSA) is 83.0 Å². The van der Waals surface area contributed by atoms with Gasteiger partial charge in [0.1, 0.15) is 11.3 Å². The minimum atomic E-state index is -0.199. The number of carbonyl (C=O) groups excluding carboxylic acids is 1. The predicted molar refractivity (Wildman–Crippen MR) is 100 cm³/mol. The largest absolute Gasteiger partial charge is 0.491 e. The lowest BCUT2D eigenvalue weighted by molar-refractivity contribution is -0.122. The lowest BCUT2D eigenvalue weighted by Crippen LogP contribution is -2.26. The van der Waals surface area contributed by atoms with Gasteiger partial charge in [-0.25, -0.2) is 4.98 Å². The molecule has 0 unspecified atom stereocenters. The number of nitrogens with two attached hydrogens (primary N) is 1. The Labute approximate surface area is 155 Å². The average molecular weight is 368 g/mol. The van der Waals surface area contributed by atoms with Crippen molar-refractivity contribution < 1.29 is 9.53 Å². The molecule has 1 atom stereocenters. The van der Waals surface area contributed by atoms with Crippen molar-refractivity contribution in [3.63, 3.8) is 0 Å². The molecule has 1 amide bonds. The third-order valence-electron chi connectivity index (χ3n) is 5.31. The summed E-state index contributed by atoms with van der Waals surface area (Å²) in [5.41, 5.74) is 10.5. The lowest BCUT2D eigenvalue weighted by atomic mass is 9.94. The molecule has 26 heavy (non-hydrogen) atoms. The van der Waals surface area contributed by atoms with Gasteiger partial charge in [0, 0.05) is 18.7 Å². The Bertz CT molecular complexity index is 975. The van der Waals surface area contributed by atoms with Gasteiger partial charge in [-0.2, -0.15) is 0 Å². The first-order valence-electron chi connectivity index (χ1n) is 9.05. The first-order valence-corrected chi connectivity index (χ1v) is 9.93. The Morgan fingerprint density at radius 2 is 2.31 bits per heavy atom. The molecule has 1 saturated carbocycles. The van der Waals surface area contributed by atoms with E-state index < -0.39 is 0 Å². The van der Waals surface area contributed by atoms with Gasteiger partial charge >= 0.3 is 0 Å². The van der Waals surface area contributed by atoms with Crippen molar-refractivity contribution in [2.45, 2.75) is 32.2 Å². The van der Waals surface area contributed by atoms with Crippen LogP contribution in [0.25, 0.3) is 21.7 Å². The van der Waals surface area contributed by atoms with E-state index in [1.165, 1.54) is 0 Å². The zero-order chi connectivity index (χ0) is 17.7.